The van der Waals surface area contributed by atoms with Crippen LogP contribution >= 0.6 is 11.6 Å². The number of nitrogens with zero attached hydrogens (tertiary/aromatic N) is 1. The Kier molecular flexibility index (Phi) is 4.96. The number of rotatable bonds is 5. The van der Waals surface area contributed by atoms with E-state index in [1.165, 1.54) is 7.11 Å². The third-order valence-electron chi connectivity index (χ3n) is 2.97. The molecule has 5 heteroatoms. The maximum absolute atomic E-state index is 11.9. The molecule has 0 bridgehead atoms. The van der Waals surface area contributed by atoms with E-state index in [1.807, 2.05) is 24.5 Å². The van der Waals surface area contributed by atoms with Gasteiger partial charge in [-0.05, 0) is 26.8 Å². The lowest BCUT2D eigenvalue weighted by Crippen LogP contribution is -2.13. The fourth-order valence-electron chi connectivity index (χ4n) is 1.91. The predicted molar refractivity (Wildman–Crippen MR) is 70.2 cm³/mol. The van der Waals surface area contributed by atoms with Crippen LogP contribution in [0.5, 0.6) is 0 Å². The van der Waals surface area contributed by atoms with Crippen LogP contribution in [0.1, 0.15) is 35.1 Å². The number of Topliss-reactive ketones (excluding diaryl/α,β-unsaturated/α-hetero) is 1. The van der Waals surface area contributed by atoms with Crippen molar-refractivity contribution in [1.82, 2.24) is 4.57 Å². The molecule has 0 aliphatic heterocycles. The maximum atomic E-state index is 11.9. The summed E-state index contributed by atoms with van der Waals surface area (Å²) in [5.41, 5.74) is 2.41. The van der Waals surface area contributed by atoms with Gasteiger partial charge in [0.2, 0.25) is 0 Å². The molecule has 0 saturated heterocycles. The zero-order chi connectivity index (χ0) is 13.9. The van der Waals surface area contributed by atoms with E-state index < -0.39 is 5.38 Å². The number of halogens is 1. The minimum atomic E-state index is -0.542. The number of hydrogen-bond donors (Lipinski definition) is 0. The van der Waals surface area contributed by atoms with Gasteiger partial charge in [0.1, 0.15) is 0 Å². The van der Waals surface area contributed by atoms with Gasteiger partial charge in [-0.2, -0.15) is 0 Å². The van der Waals surface area contributed by atoms with Gasteiger partial charge < -0.3 is 9.30 Å². The number of ketones is 1. The first-order valence-electron chi connectivity index (χ1n) is 5.80. The molecular formula is C13H18ClNO3. The summed E-state index contributed by atoms with van der Waals surface area (Å²) in [5.74, 6) is -0.352. The van der Waals surface area contributed by atoms with E-state index in [0.717, 1.165) is 11.4 Å². The number of hydrogen-bond acceptors (Lipinski definition) is 3. The Morgan fingerprint density at radius 3 is 2.56 bits per heavy atom. The van der Waals surface area contributed by atoms with Crippen molar-refractivity contribution < 1.29 is 14.3 Å². The summed E-state index contributed by atoms with van der Waals surface area (Å²) in [5, 5.41) is -0.542. The summed E-state index contributed by atoms with van der Waals surface area (Å²) in [6.07, 6.45) is 0.289. The molecule has 1 unspecified atom stereocenters. The fraction of sp³-hybridized carbons (Fsp3) is 0.538. The van der Waals surface area contributed by atoms with Gasteiger partial charge in [-0.25, -0.2) is 0 Å². The lowest BCUT2D eigenvalue weighted by Gasteiger charge is -2.09. The highest BCUT2D eigenvalue weighted by molar-refractivity contribution is 6.33. The molecule has 1 aromatic rings. The number of aromatic nitrogens is 1. The number of esters is 1. The molecule has 0 saturated carbocycles. The summed E-state index contributed by atoms with van der Waals surface area (Å²) < 4.78 is 6.54. The van der Waals surface area contributed by atoms with Crippen LogP contribution in [0.2, 0.25) is 0 Å². The Morgan fingerprint density at radius 2 is 2.06 bits per heavy atom. The van der Waals surface area contributed by atoms with Gasteiger partial charge in [-0.3, -0.25) is 9.59 Å². The van der Waals surface area contributed by atoms with Crippen LogP contribution in [-0.2, 0) is 16.1 Å². The molecule has 1 heterocycles. The Labute approximate surface area is 112 Å². The van der Waals surface area contributed by atoms with E-state index >= 15 is 0 Å². The molecule has 18 heavy (non-hydrogen) atoms. The number of methoxy groups -OCH3 is 1. The van der Waals surface area contributed by atoms with Crippen molar-refractivity contribution in [2.45, 2.75) is 39.1 Å². The van der Waals surface area contributed by atoms with Crippen molar-refractivity contribution in [1.29, 1.82) is 0 Å². The number of carbonyl (C=O) groups excluding carboxylic acids is 2. The van der Waals surface area contributed by atoms with Gasteiger partial charge in [0, 0.05) is 23.5 Å². The van der Waals surface area contributed by atoms with Crippen molar-refractivity contribution in [2.75, 3.05) is 7.11 Å². The second kappa shape index (κ2) is 6.05. The van der Waals surface area contributed by atoms with E-state index in [1.54, 1.807) is 6.92 Å². The molecule has 0 fully saturated rings. The predicted octanol–water partition coefficient (Wildman–Crippen LogP) is 2.48. The molecule has 4 nitrogen and oxygen atoms in total. The smallest absolute Gasteiger partial charge is 0.307 e. The second-order valence-corrected chi connectivity index (χ2v) is 4.90. The highest BCUT2D eigenvalue weighted by Gasteiger charge is 2.19. The standard InChI is InChI=1S/C13H18ClNO3/c1-8-7-11(13(17)9(2)14)10(3)15(8)6-5-12(16)18-4/h7,9H,5-6H2,1-4H3. The molecule has 100 valence electrons. The molecule has 1 rings (SSSR count). The largest absolute Gasteiger partial charge is 0.469 e. The van der Waals surface area contributed by atoms with Gasteiger partial charge in [0.05, 0.1) is 18.9 Å². The Hall–Kier alpha value is -1.29. The molecule has 0 radical (unpaired) electrons. The maximum Gasteiger partial charge on any atom is 0.307 e. The highest BCUT2D eigenvalue weighted by atomic mass is 35.5. The fourth-order valence-corrected chi connectivity index (χ4v) is 2.03. The topological polar surface area (TPSA) is 48.3 Å². The summed E-state index contributed by atoms with van der Waals surface area (Å²) in [6.45, 7) is 5.93. The van der Waals surface area contributed by atoms with E-state index in [0.29, 0.717) is 12.1 Å². The summed E-state index contributed by atoms with van der Waals surface area (Å²) in [6, 6.07) is 1.81. The van der Waals surface area contributed by atoms with Crippen molar-refractivity contribution in [3.05, 3.63) is 23.0 Å². The molecular weight excluding hydrogens is 254 g/mol. The van der Waals surface area contributed by atoms with Gasteiger partial charge in [-0.1, -0.05) is 0 Å². The zero-order valence-electron chi connectivity index (χ0n) is 11.1. The number of carbonyl (C=O) groups is 2. The third-order valence-corrected chi connectivity index (χ3v) is 3.17. The van der Waals surface area contributed by atoms with Crippen LogP contribution in [0.4, 0.5) is 0 Å². The molecule has 0 spiro atoms. The Bertz CT molecular complexity index is 463. The van der Waals surface area contributed by atoms with Crippen LogP contribution in [0.25, 0.3) is 0 Å². The SMILES string of the molecule is COC(=O)CCn1c(C)cc(C(=O)C(C)Cl)c1C. The second-order valence-electron chi connectivity index (χ2n) is 4.24. The summed E-state index contributed by atoms with van der Waals surface area (Å²) in [4.78, 5) is 23.0. The molecule has 0 N–H and O–H groups in total. The molecule has 0 aromatic carbocycles. The van der Waals surface area contributed by atoms with E-state index in [4.69, 9.17) is 11.6 Å². The Balaban J connectivity index is 2.94. The van der Waals surface area contributed by atoms with Gasteiger partial charge in [0.25, 0.3) is 0 Å². The summed E-state index contributed by atoms with van der Waals surface area (Å²) >= 11 is 5.81. The van der Waals surface area contributed by atoms with Crippen molar-refractivity contribution in [3.63, 3.8) is 0 Å². The lowest BCUT2D eigenvalue weighted by atomic mass is 10.1. The molecule has 0 aliphatic carbocycles. The minimum Gasteiger partial charge on any atom is -0.469 e. The van der Waals surface area contributed by atoms with E-state index in [2.05, 4.69) is 4.74 Å². The van der Waals surface area contributed by atoms with E-state index in [-0.39, 0.29) is 18.2 Å². The highest BCUT2D eigenvalue weighted by Crippen LogP contribution is 2.19. The monoisotopic (exact) mass is 271 g/mol. The van der Waals surface area contributed by atoms with Crippen molar-refractivity contribution >= 4 is 23.4 Å². The average molecular weight is 272 g/mol. The van der Waals surface area contributed by atoms with E-state index in [9.17, 15) is 9.59 Å². The van der Waals surface area contributed by atoms with Crippen LogP contribution in [0, 0.1) is 13.8 Å². The van der Waals surface area contributed by atoms with Crippen LogP contribution in [-0.4, -0.2) is 28.8 Å². The first-order chi connectivity index (χ1) is 8.38. The van der Waals surface area contributed by atoms with Crippen molar-refractivity contribution in [2.24, 2.45) is 0 Å². The molecule has 0 amide bonds. The van der Waals surface area contributed by atoms with Crippen LogP contribution in [0.3, 0.4) is 0 Å². The number of aryl methyl sites for hydroxylation is 1. The number of ether oxygens (including phenoxy) is 1. The molecule has 0 aliphatic rings. The van der Waals surface area contributed by atoms with Crippen LogP contribution < -0.4 is 0 Å². The zero-order valence-corrected chi connectivity index (χ0v) is 11.9. The normalized spacial score (nSPS) is 12.3. The van der Waals surface area contributed by atoms with Gasteiger partial charge >= 0.3 is 5.97 Å². The minimum absolute atomic E-state index is 0.0888. The van der Waals surface area contributed by atoms with Gasteiger partial charge in [0.15, 0.2) is 5.78 Å². The van der Waals surface area contributed by atoms with Gasteiger partial charge in [-0.15, -0.1) is 11.6 Å². The summed E-state index contributed by atoms with van der Waals surface area (Å²) in [7, 11) is 1.36. The quantitative estimate of drug-likeness (QED) is 0.470. The lowest BCUT2D eigenvalue weighted by molar-refractivity contribution is -0.140. The van der Waals surface area contributed by atoms with Crippen molar-refractivity contribution in [3.8, 4) is 0 Å². The molecule has 1 atom stereocenters. The number of alkyl halides is 1. The average Bonchev–Trinajstić information content (AvgIpc) is 2.61. The Morgan fingerprint density at radius 1 is 1.44 bits per heavy atom. The molecule has 1 aromatic heterocycles. The first-order valence-corrected chi connectivity index (χ1v) is 6.24. The van der Waals surface area contributed by atoms with Crippen LogP contribution in [0.15, 0.2) is 6.07 Å². The third kappa shape index (κ3) is 3.13. The first kappa shape index (κ1) is 14.8.